The molecule has 7 nitrogen and oxygen atoms in total. The molecule has 1 saturated heterocycles. The van der Waals surface area contributed by atoms with Gasteiger partial charge in [0.2, 0.25) is 5.91 Å². The highest BCUT2D eigenvalue weighted by atomic mass is 16.4. The first-order chi connectivity index (χ1) is 14.6. The number of nitrogens with zero attached hydrogens (tertiary/aromatic N) is 1. The molecule has 2 aliphatic heterocycles. The number of carboxylic acids is 1. The number of aliphatic carboxylic acids is 1. The van der Waals surface area contributed by atoms with Crippen molar-refractivity contribution in [2.45, 2.75) is 76.7 Å². The fourth-order valence-corrected chi connectivity index (χ4v) is 4.32. The average Bonchev–Trinajstić information content (AvgIpc) is 2.77. The van der Waals surface area contributed by atoms with Gasteiger partial charge < -0.3 is 21.1 Å². The molecule has 4 N–H and O–H groups in total. The zero-order valence-electron chi connectivity index (χ0n) is 17.9. The van der Waals surface area contributed by atoms with Gasteiger partial charge in [-0.1, -0.05) is 31.7 Å². The minimum Gasteiger partial charge on any atom is -0.480 e. The number of rotatable bonds is 11. The van der Waals surface area contributed by atoms with Crippen LogP contribution < -0.4 is 16.0 Å². The number of unbranched alkanes of at least 4 members (excludes halogenated alkanes) is 4. The van der Waals surface area contributed by atoms with Crippen molar-refractivity contribution >= 4 is 17.7 Å². The number of aromatic nitrogens is 1. The molecule has 1 unspecified atom stereocenters. The Labute approximate surface area is 179 Å². The first-order valence-electron chi connectivity index (χ1n) is 11.6. The second-order valence-electron chi connectivity index (χ2n) is 8.59. The summed E-state index contributed by atoms with van der Waals surface area (Å²) in [5, 5.41) is 18.8. The Morgan fingerprint density at radius 3 is 2.77 bits per heavy atom. The van der Waals surface area contributed by atoms with Gasteiger partial charge in [0.05, 0.1) is 5.92 Å². The zero-order valence-corrected chi connectivity index (χ0v) is 17.9. The van der Waals surface area contributed by atoms with Crippen LogP contribution in [0.3, 0.4) is 0 Å². The van der Waals surface area contributed by atoms with Crippen molar-refractivity contribution in [1.82, 2.24) is 15.6 Å². The number of fused-ring (bicyclic) bond motifs is 1. The predicted octanol–water partition coefficient (Wildman–Crippen LogP) is 2.89. The van der Waals surface area contributed by atoms with Gasteiger partial charge in [0.15, 0.2) is 0 Å². The Balaban J connectivity index is 1.28. The molecule has 0 bridgehead atoms. The Kier molecular flexibility index (Phi) is 8.93. The predicted molar refractivity (Wildman–Crippen MR) is 118 cm³/mol. The fourth-order valence-electron chi connectivity index (χ4n) is 4.32. The maximum Gasteiger partial charge on any atom is 0.326 e. The normalized spacial score (nSPS) is 19.4. The van der Waals surface area contributed by atoms with Crippen molar-refractivity contribution in [1.29, 1.82) is 0 Å². The standard InChI is InChI=1S/C23H36N4O3/c28-22(18-9-6-14-24-16-18)27-20(23(29)30)11-5-3-1-2-4-10-19-13-12-17-8-7-15-25-21(17)26-19/h12-13,18,20,24H,1-11,14-16H2,(H,25,26)(H,27,28)(H,29,30)/t18-,20?/m1/s1. The minimum atomic E-state index is -0.931. The van der Waals surface area contributed by atoms with Crippen molar-refractivity contribution in [3.63, 3.8) is 0 Å². The molecule has 166 valence electrons. The Morgan fingerprint density at radius 2 is 1.97 bits per heavy atom. The molecule has 0 saturated carbocycles. The molecule has 7 heteroatoms. The Hall–Kier alpha value is -2.15. The molecule has 1 fully saturated rings. The van der Waals surface area contributed by atoms with Gasteiger partial charge in [0, 0.05) is 18.8 Å². The maximum atomic E-state index is 12.3. The molecule has 3 heterocycles. The van der Waals surface area contributed by atoms with Crippen molar-refractivity contribution < 1.29 is 14.7 Å². The molecule has 0 aliphatic carbocycles. The van der Waals surface area contributed by atoms with E-state index in [4.69, 9.17) is 4.98 Å². The van der Waals surface area contributed by atoms with Crippen LogP contribution >= 0.6 is 0 Å². The average molecular weight is 417 g/mol. The van der Waals surface area contributed by atoms with Crippen LogP contribution in [0.15, 0.2) is 12.1 Å². The summed E-state index contributed by atoms with van der Waals surface area (Å²) >= 11 is 0. The summed E-state index contributed by atoms with van der Waals surface area (Å²) < 4.78 is 0. The smallest absolute Gasteiger partial charge is 0.326 e. The van der Waals surface area contributed by atoms with Gasteiger partial charge in [0.25, 0.3) is 0 Å². The molecular weight excluding hydrogens is 380 g/mol. The van der Waals surface area contributed by atoms with E-state index in [1.807, 2.05) is 0 Å². The van der Waals surface area contributed by atoms with Crippen LogP contribution in [0.25, 0.3) is 0 Å². The number of amides is 1. The molecular formula is C23H36N4O3. The Morgan fingerprint density at radius 1 is 1.13 bits per heavy atom. The van der Waals surface area contributed by atoms with Gasteiger partial charge >= 0.3 is 5.97 Å². The van der Waals surface area contributed by atoms with Crippen LogP contribution in [-0.2, 0) is 22.4 Å². The van der Waals surface area contributed by atoms with Gasteiger partial charge in [-0.15, -0.1) is 0 Å². The quantitative estimate of drug-likeness (QED) is 0.414. The van der Waals surface area contributed by atoms with E-state index in [9.17, 15) is 14.7 Å². The van der Waals surface area contributed by atoms with Crippen molar-refractivity contribution in [2.75, 3.05) is 25.0 Å². The van der Waals surface area contributed by atoms with E-state index >= 15 is 0 Å². The number of anilines is 1. The number of hydrogen-bond donors (Lipinski definition) is 4. The van der Waals surface area contributed by atoms with Crippen molar-refractivity contribution in [2.24, 2.45) is 5.92 Å². The molecule has 2 aliphatic rings. The van der Waals surface area contributed by atoms with E-state index in [-0.39, 0.29) is 11.8 Å². The molecule has 1 aromatic heterocycles. The van der Waals surface area contributed by atoms with Crippen LogP contribution in [0.2, 0.25) is 0 Å². The second-order valence-corrected chi connectivity index (χ2v) is 8.59. The fraction of sp³-hybridized carbons (Fsp3) is 0.696. The van der Waals surface area contributed by atoms with E-state index in [2.05, 4.69) is 28.1 Å². The summed E-state index contributed by atoms with van der Waals surface area (Å²) in [6, 6.07) is 3.58. The highest BCUT2D eigenvalue weighted by Crippen LogP contribution is 2.20. The molecule has 3 rings (SSSR count). The second kappa shape index (κ2) is 11.9. The molecule has 2 atom stereocenters. The lowest BCUT2D eigenvalue weighted by Gasteiger charge is -2.24. The summed E-state index contributed by atoms with van der Waals surface area (Å²) in [6.45, 7) is 2.59. The van der Waals surface area contributed by atoms with E-state index < -0.39 is 12.0 Å². The number of nitrogens with one attached hydrogen (secondary N) is 3. The monoisotopic (exact) mass is 416 g/mol. The number of pyridine rings is 1. The molecule has 0 spiro atoms. The maximum absolute atomic E-state index is 12.3. The number of piperidine rings is 1. The van der Waals surface area contributed by atoms with Crippen LogP contribution in [0, 0.1) is 5.92 Å². The van der Waals surface area contributed by atoms with Gasteiger partial charge in [-0.25, -0.2) is 9.78 Å². The number of carbonyl (C=O) groups excluding carboxylic acids is 1. The third kappa shape index (κ3) is 6.97. The highest BCUT2D eigenvalue weighted by molar-refractivity contribution is 5.85. The molecule has 1 amide bonds. The highest BCUT2D eigenvalue weighted by Gasteiger charge is 2.26. The molecule has 0 aromatic carbocycles. The summed E-state index contributed by atoms with van der Waals surface area (Å²) in [5.41, 5.74) is 2.47. The summed E-state index contributed by atoms with van der Waals surface area (Å²) in [6.07, 6.45) is 10.7. The lowest BCUT2D eigenvalue weighted by molar-refractivity contribution is -0.142. The molecule has 30 heavy (non-hydrogen) atoms. The van der Waals surface area contributed by atoms with E-state index in [1.54, 1.807) is 0 Å². The van der Waals surface area contributed by atoms with Gasteiger partial charge in [-0.3, -0.25) is 4.79 Å². The van der Waals surface area contributed by atoms with Crippen LogP contribution in [0.1, 0.15) is 69.0 Å². The summed E-state index contributed by atoms with van der Waals surface area (Å²) in [4.78, 5) is 28.5. The van der Waals surface area contributed by atoms with Gasteiger partial charge in [0.1, 0.15) is 11.9 Å². The number of carboxylic acid groups (broad SMARTS) is 1. The SMILES string of the molecule is O=C(O)C(CCCCCCCc1ccc2c(n1)NCCC2)NC(=O)[C@@H]1CCCNC1. The Bertz CT molecular complexity index is 704. The first kappa shape index (κ1) is 22.5. The van der Waals surface area contributed by atoms with E-state index in [0.717, 1.165) is 82.4 Å². The van der Waals surface area contributed by atoms with E-state index in [0.29, 0.717) is 13.0 Å². The lowest BCUT2D eigenvalue weighted by atomic mass is 9.98. The third-order valence-electron chi connectivity index (χ3n) is 6.16. The van der Waals surface area contributed by atoms with Gasteiger partial charge in [-0.05, 0) is 63.1 Å². The van der Waals surface area contributed by atoms with Gasteiger partial charge in [-0.2, -0.15) is 0 Å². The molecule has 0 radical (unpaired) electrons. The van der Waals surface area contributed by atoms with E-state index in [1.165, 1.54) is 12.0 Å². The topological polar surface area (TPSA) is 103 Å². The number of carbonyl (C=O) groups is 2. The molecule has 1 aromatic rings. The lowest BCUT2D eigenvalue weighted by Crippen LogP contribution is -2.47. The van der Waals surface area contributed by atoms with Crippen LogP contribution in [0.5, 0.6) is 0 Å². The summed E-state index contributed by atoms with van der Waals surface area (Å²) in [5.74, 6) is -0.0987. The largest absolute Gasteiger partial charge is 0.480 e. The van der Waals surface area contributed by atoms with Crippen LogP contribution in [-0.4, -0.2) is 47.6 Å². The van der Waals surface area contributed by atoms with Crippen molar-refractivity contribution in [3.8, 4) is 0 Å². The zero-order chi connectivity index (χ0) is 21.2. The third-order valence-corrected chi connectivity index (χ3v) is 6.16. The minimum absolute atomic E-state index is 0.104. The number of hydrogen-bond acceptors (Lipinski definition) is 5. The van der Waals surface area contributed by atoms with Crippen LogP contribution in [0.4, 0.5) is 5.82 Å². The summed E-state index contributed by atoms with van der Waals surface area (Å²) in [7, 11) is 0. The van der Waals surface area contributed by atoms with Crippen molar-refractivity contribution in [3.05, 3.63) is 23.4 Å². The first-order valence-corrected chi connectivity index (χ1v) is 11.6. The number of aryl methyl sites for hydroxylation is 2.